The summed E-state index contributed by atoms with van der Waals surface area (Å²) in [6.07, 6.45) is 2.27. The quantitative estimate of drug-likeness (QED) is 0.404. The predicted molar refractivity (Wildman–Crippen MR) is 104 cm³/mol. The number of para-hydroxylation sites is 2. The van der Waals surface area contributed by atoms with E-state index in [0.29, 0.717) is 5.76 Å². The predicted octanol–water partition coefficient (Wildman–Crippen LogP) is 6.23. The molecule has 0 spiro atoms. The molecule has 0 atom stereocenters. The van der Waals surface area contributed by atoms with Crippen LogP contribution in [0.4, 0.5) is 17.1 Å². The van der Waals surface area contributed by atoms with Crippen molar-refractivity contribution in [2.75, 3.05) is 4.90 Å². The molecule has 0 aliphatic carbocycles. The summed E-state index contributed by atoms with van der Waals surface area (Å²) in [6.45, 7) is 0. The highest BCUT2D eigenvalue weighted by molar-refractivity contribution is 5.85. The van der Waals surface area contributed by atoms with E-state index >= 15 is 0 Å². The number of hydrogen-bond acceptors (Lipinski definition) is 3. The lowest BCUT2D eigenvalue weighted by atomic mass is 10.1. The summed E-state index contributed by atoms with van der Waals surface area (Å²) >= 11 is 0. The maximum Gasteiger partial charge on any atom is 0.185 e. The summed E-state index contributed by atoms with van der Waals surface area (Å²) in [6, 6.07) is 30.4. The van der Waals surface area contributed by atoms with E-state index in [2.05, 4.69) is 41.3 Å². The number of aldehydes is 1. The zero-order chi connectivity index (χ0) is 17.8. The van der Waals surface area contributed by atoms with Crippen LogP contribution in [0.2, 0.25) is 0 Å². The van der Waals surface area contributed by atoms with Gasteiger partial charge in [0.2, 0.25) is 0 Å². The second-order valence-electron chi connectivity index (χ2n) is 5.87. The van der Waals surface area contributed by atoms with E-state index in [1.54, 1.807) is 0 Å². The number of furan rings is 1. The van der Waals surface area contributed by atoms with Crippen LogP contribution >= 0.6 is 0 Å². The fourth-order valence-corrected chi connectivity index (χ4v) is 3.04. The zero-order valence-corrected chi connectivity index (χ0v) is 14.1. The Morgan fingerprint density at radius 3 is 1.73 bits per heavy atom. The number of hydrogen-bond donors (Lipinski definition) is 0. The van der Waals surface area contributed by atoms with E-state index in [0.717, 1.165) is 34.5 Å². The lowest BCUT2D eigenvalue weighted by Crippen LogP contribution is -2.09. The van der Waals surface area contributed by atoms with Gasteiger partial charge in [-0.3, -0.25) is 4.79 Å². The molecule has 0 fully saturated rings. The molecule has 0 aliphatic rings. The Hall–Kier alpha value is -3.59. The third kappa shape index (κ3) is 3.03. The summed E-state index contributed by atoms with van der Waals surface area (Å²) < 4.78 is 5.21. The number of carbonyl (C=O) groups is 1. The molecule has 126 valence electrons. The second kappa shape index (κ2) is 7.11. The van der Waals surface area contributed by atoms with Gasteiger partial charge in [0.25, 0.3) is 0 Å². The molecule has 0 saturated heterocycles. The number of nitrogens with zero attached hydrogens (tertiary/aromatic N) is 1. The van der Waals surface area contributed by atoms with Crippen molar-refractivity contribution in [1.82, 2.24) is 0 Å². The van der Waals surface area contributed by atoms with E-state index < -0.39 is 0 Å². The van der Waals surface area contributed by atoms with Crippen molar-refractivity contribution < 1.29 is 9.21 Å². The molecule has 1 aromatic heterocycles. The highest BCUT2D eigenvalue weighted by atomic mass is 16.3. The summed E-state index contributed by atoms with van der Waals surface area (Å²) in [5, 5.41) is 0. The second-order valence-corrected chi connectivity index (χ2v) is 5.87. The van der Waals surface area contributed by atoms with Crippen LogP contribution in [0.15, 0.2) is 102 Å². The Bertz CT molecular complexity index is 950. The molecule has 3 nitrogen and oxygen atoms in total. The Labute approximate surface area is 152 Å². The minimum absolute atomic E-state index is 0.348. The molecule has 4 aromatic rings. The van der Waals surface area contributed by atoms with Crippen molar-refractivity contribution in [1.29, 1.82) is 0 Å². The Balaban J connectivity index is 1.76. The van der Waals surface area contributed by atoms with E-state index in [-0.39, 0.29) is 0 Å². The summed E-state index contributed by atoms with van der Waals surface area (Å²) in [7, 11) is 0. The van der Waals surface area contributed by atoms with E-state index in [1.165, 1.54) is 6.26 Å². The van der Waals surface area contributed by atoms with Gasteiger partial charge in [-0.15, -0.1) is 0 Å². The van der Waals surface area contributed by atoms with E-state index in [4.69, 9.17) is 4.42 Å². The van der Waals surface area contributed by atoms with Crippen molar-refractivity contribution >= 4 is 23.3 Å². The van der Waals surface area contributed by atoms with Crippen LogP contribution in [0.3, 0.4) is 0 Å². The first-order valence-electron chi connectivity index (χ1n) is 8.40. The van der Waals surface area contributed by atoms with Crippen molar-refractivity contribution in [3.05, 3.63) is 103 Å². The first-order valence-corrected chi connectivity index (χ1v) is 8.40. The Kier molecular flexibility index (Phi) is 4.35. The number of anilines is 3. The highest BCUT2D eigenvalue weighted by Crippen LogP contribution is 2.35. The van der Waals surface area contributed by atoms with Gasteiger partial charge in [-0.05, 0) is 48.0 Å². The van der Waals surface area contributed by atoms with Crippen LogP contribution in [0.25, 0.3) is 11.1 Å². The summed E-state index contributed by atoms with van der Waals surface area (Å²) in [5.41, 5.74) is 4.97. The highest BCUT2D eigenvalue weighted by Gasteiger charge is 2.13. The number of benzene rings is 3. The van der Waals surface area contributed by atoms with Crippen molar-refractivity contribution in [3.63, 3.8) is 0 Å². The lowest BCUT2D eigenvalue weighted by Gasteiger charge is -2.25. The molecule has 0 radical (unpaired) electrons. The topological polar surface area (TPSA) is 33.5 Å². The lowest BCUT2D eigenvalue weighted by molar-refractivity contribution is 0.110. The fourth-order valence-electron chi connectivity index (χ4n) is 3.04. The van der Waals surface area contributed by atoms with Crippen molar-refractivity contribution in [2.45, 2.75) is 0 Å². The van der Waals surface area contributed by atoms with Gasteiger partial charge in [-0.2, -0.15) is 0 Å². The average molecular weight is 339 g/mol. The smallest absolute Gasteiger partial charge is 0.185 e. The van der Waals surface area contributed by atoms with E-state index in [9.17, 15) is 4.79 Å². The fraction of sp³-hybridized carbons (Fsp3) is 0. The molecular formula is C23H17NO2. The van der Waals surface area contributed by atoms with Crippen LogP contribution in [0.5, 0.6) is 0 Å². The molecule has 0 N–H and O–H groups in total. The van der Waals surface area contributed by atoms with Crippen molar-refractivity contribution in [2.24, 2.45) is 0 Å². The maximum atomic E-state index is 11.1. The molecule has 3 aromatic carbocycles. The van der Waals surface area contributed by atoms with Crippen LogP contribution in [-0.4, -0.2) is 6.29 Å². The van der Waals surface area contributed by atoms with E-state index in [1.807, 2.05) is 54.6 Å². The molecule has 0 amide bonds. The monoisotopic (exact) mass is 339 g/mol. The molecular weight excluding hydrogens is 322 g/mol. The van der Waals surface area contributed by atoms with Gasteiger partial charge in [0.1, 0.15) is 0 Å². The normalized spacial score (nSPS) is 10.5. The van der Waals surface area contributed by atoms with Gasteiger partial charge in [0.05, 0.1) is 6.26 Å². The molecule has 26 heavy (non-hydrogen) atoms. The Morgan fingerprint density at radius 2 is 1.19 bits per heavy atom. The van der Waals surface area contributed by atoms with Gasteiger partial charge >= 0.3 is 0 Å². The number of carbonyl (C=O) groups excluding carboxylic acids is 1. The van der Waals surface area contributed by atoms with Crippen LogP contribution in [0.1, 0.15) is 10.6 Å². The SMILES string of the molecule is O=Cc1occc1-c1ccc(N(c2ccccc2)c2ccccc2)cc1. The maximum absolute atomic E-state index is 11.1. The molecule has 4 rings (SSSR count). The largest absolute Gasteiger partial charge is 0.461 e. The van der Waals surface area contributed by atoms with Gasteiger partial charge in [-0.25, -0.2) is 0 Å². The van der Waals surface area contributed by atoms with Crippen LogP contribution < -0.4 is 4.90 Å². The molecule has 0 unspecified atom stereocenters. The molecule has 1 heterocycles. The summed E-state index contributed by atoms with van der Waals surface area (Å²) in [5.74, 6) is 0.348. The first-order chi connectivity index (χ1) is 12.9. The standard InChI is InChI=1S/C23H17NO2/c25-17-23-22(15-16-26-23)18-11-13-21(14-12-18)24(19-7-3-1-4-8-19)20-9-5-2-6-10-20/h1-17H. The van der Waals surface area contributed by atoms with Crippen LogP contribution in [-0.2, 0) is 0 Å². The molecule has 0 bridgehead atoms. The third-order valence-corrected chi connectivity index (χ3v) is 4.27. The molecule has 3 heteroatoms. The molecule has 0 aliphatic heterocycles. The average Bonchev–Trinajstić information content (AvgIpc) is 3.19. The van der Waals surface area contributed by atoms with Gasteiger partial charge in [-0.1, -0.05) is 48.5 Å². The first kappa shape index (κ1) is 15.9. The van der Waals surface area contributed by atoms with Gasteiger partial charge < -0.3 is 9.32 Å². The minimum atomic E-state index is 0.348. The number of rotatable bonds is 5. The van der Waals surface area contributed by atoms with Gasteiger partial charge in [0, 0.05) is 22.6 Å². The third-order valence-electron chi connectivity index (χ3n) is 4.27. The van der Waals surface area contributed by atoms with Crippen molar-refractivity contribution in [3.8, 4) is 11.1 Å². The van der Waals surface area contributed by atoms with Gasteiger partial charge in [0.15, 0.2) is 12.0 Å². The summed E-state index contributed by atoms with van der Waals surface area (Å²) in [4.78, 5) is 13.3. The minimum Gasteiger partial charge on any atom is -0.461 e. The zero-order valence-electron chi connectivity index (χ0n) is 14.1. The molecule has 0 saturated carbocycles. The van der Waals surface area contributed by atoms with Crippen LogP contribution in [0, 0.1) is 0 Å². The Morgan fingerprint density at radius 1 is 0.654 bits per heavy atom.